The number of para-hydroxylation sites is 1. The number of hydrogen-bond donors (Lipinski definition) is 1. The van der Waals surface area contributed by atoms with Crippen LogP contribution in [-0.4, -0.2) is 38.3 Å². The molecule has 1 amide bonds. The third kappa shape index (κ3) is 3.73. The van der Waals surface area contributed by atoms with Gasteiger partial charge in [-0.25, -0.2) is 9.59 Å². The number of nitrogens with two attached hydrogens (primary N) is 1. The molecule has 2 N–H and O–H groups in total. The number of ether oxygens (including phenoxy) is 4. The van der Waals surface area contributed by atoms with Crippen molar-refractivity contribution in [3.63, 3.8) is 0 Å². The van der Waals surface area contributed by atoms with E-state index in [4.69, 9.17) is 29.1 Å². The van der Waals surface area contributed by atoms with Crippen molar-refractivity contribution in [2.45, 2.75) is 18.9 Å². The molecular formula is C23H21NO8. The molecule has 0 aliphatic carbocycles. The normalized spacial score (nSPS) is 16.8. The summed E-state index contributed by atoms with van der Waals surface area (Å²) < 4.78 is 27.4. The monoisotopic (exact) mass is 439 g/mol. The Kier molecular flexibility index (Phi) is 5.72. The smallest absolute Gasteiger partial charge is 0.348 e. The fourth-order valence-corrected chi connectivity index (χ4v) is 3.77. The van der Waals surface area contributed by atoms with Crippen molar-refractivity contribution >= 4 is 22.8 Å². The van der Waals surface area contributed by atoms with Crippen molar-refractivity contribution in [3.05, 3.63) is 64.0 Å². The fraction of sp³-hybridized carbons (Fsp3) is 0.261. The number of hydrogen-bond acceptors (Lipinski definition) is 8. The standard InChI is InChI=1S/C23H21NO8/c1-3-29-23(27)21-18(12-8-9-15(16(10-12)28-2)30-11-17(24)25)19-20(32-21)13-6-4-5-7-14(13)31-22(19)26/h4-10,18,21H,3,11H2,1-2H3,(H2,24,25)/t18-,21-/m1/s1. The molecule has 0 radical (unpaired) electrons. The Bertz CT molecular complexity index is 1250. The summed E-state index contributed by atoms with van der Waals surface area (Å²) in [7, 11) is 1.43. The lowest BCUT2D eigenvalue weighted by Gasteiger charge is -2.19. The van der Waals surface area contributed by atoms with E-state index in [0.29, 0.717) is 22.3 Å². The van der Waals surface area contributed by atoms with Crippen LogP contribution in [-0.2, 0) is 14.3 Å². The zero-order chi connectivity index (χ0) is 22.8. The van der Waals surface area contributed by atoms with Gasteiger partial charge < -0.3 is 29.1 Å². The minimum absolute atomic E-state index is 0.153. The van der Waals surface area contributed by atoms with Gasteiger partial charge in [0.05, 0.1) is 30.6 Å². The van der Waals surface area contributed by atoms with Gasteiger partial charge in [-0.1, -0.05) is 18.2 Å². The van der Waals surface area contributed by atoms with Crippen LogP contribution >= 0.6 is 0 Å². The second kappa shape index (κ2) is 8.62. The molecule has 1 aromatic heterocycles. The van der Waals surface area contributed by atoms with E-state index < -0.39 is 29.5 Å². The lowest BCUT2D eigenvalue weighted by molar-refractivity contribution is -0.151. The molecule has 0 unspecified atom stereocenters. The van der Waals surface area contributed by atoms with Gasteiger partial charge in [-0.05, 0) is 36.8 Å². The number of amides is 1. The second-order valence-electron chi connectivity index (χ2n) is 7.06. The fourth-order valence-electron chi connectivity index (χ4n) is 3.77. The largest absolute Gasteiger partial charge is 0.493 e. The Hall–Kier alpha value is -4.01. The van der Waals surface area contributed by atoms with Gasteiger partial charge in [0.1, 0.15) is 11.3 Å². The van der Waals surface area contributed by atoms with Gasteiger partial charge in [-0.3, -0.25) is 4.79 Å². The molecule has 2 aromatic carbocycles. The molecule has 0 fully saturated rings. The first kappa shape index (κ1) is 21.2. The highest BCUT2D eigenvalue weighted by atomic mass is 16.6. The average Bonchev–Trinajstić information content (AvgIpc) is 3.19. The van der Waals surface area contributed by atoms with Crippen molar-refractivity contribution in [1.29, 1.82) is 0 Å². The van der Waals surface area contributed by atoms with E-state index >= 15 is 0 Å². The van der Waals surface area contributed by atoms with Gasteiger partial charge in [-0.15, -0.1) is 0 Å². The highest BCUT2D eigenvalue weighted by Crippen LogP contribution is 2.46. The first-order valence-electron chi connectivity index (χ1n) is 9.92. The van der Waals surface area contributed by atoms with Crippen LogP contribution in [0.15, 0.2) is 51.7 Å². The van der Waals surface area contributed by atoms with E-state index in [9.17, 15) is 14.4 Å². The average molecular weight is 439 g/mol. The van der Waals surface area contributed by atoms with E-state index in [-0.39, 0.29) is 30.3 Å². The summed E-state index contributed by atoms with van der Waals surface area (Å²) in [6, 6.07) is 11.8. The van der Waals surface area contributed by atoms with Crippen LogP contribution in [0.4, 0.5) is 0 Å². The van der Waals surface area contributed by atoms with Gasteiger partial charge in [0.2, 0.25) is 6.10 Å². The minimum atomic E-state index is -1.10. The third-order valence-electron chi connectivity index (χ3n) is 5.09. The van der Waals surface area contributed by atoms with Crippen LogP contribution in [0, 0.1) is 0 Å². The molecule has 166 valence electrons. The first-order chi connectivity index (χ1) is 15.4. The van der Waals surface area contributed by atoms with Gasteiger partial charge >= 0.3 is 11.6 Å². The van der Waals surface area contributed by atoms with Crippen LogP contribution in [0.25, 0.3) is 11.0 Å². The van der Waals surface area contributed by atoms with E-state index in [2.05, 4.69) is 0 Å². The molecule has 0 saturated heterocycles. The first-order valence-corrected chi connectivity index (χ1v) is 9.92. The molecule has 9 heteroatoms. The van der Waals surface area contributed by atoms with Crippen molar-refractivity contribution in [2.24, 2.45) is 5.73 Å². The lowest BCUT2D eigenvalue weighted by Crippen LogP contribution is -2.32. The molecule has 0 bridgehead atoms. The predicted octanol–water partition coefficient (Wildman–Crippen LogP) is 2.12. The quantitative estimate of drug-likeness (QED) is 0.438. The summed E-state index contributed by atoms with van der Waals surface area (Å²) in [5.41, 5.74) is 5.65. The van der Waals surface area contributed by atoms with E-state index in [1.165, 1.54) is 7.11 Å². The molecule has 2 heterocycles. The molecule has 0 saturated carbocycles. The minimum Gasteiger partial charge on any atom is -0.493 e. The molecular weight excluding hydrogens is 418 g/mol. The molecule has 4 rings (SSSR count). The molecule has 3 aromatic rings. The Balaban J connectivity index is 1.86. The number of methoxy groups -OCH3 is 1. The van der Waals surface area contributed by atoms with Crippen molar-refractivity contribution in [1.82, 2.24) is 0 Å². The van der Waals surface area contributed by atoms with E-state index in [1.807, 2.05) is 0 Å². The van der Waals surface area contributed by atoms with Crippen LogP contribution < -0.4 is 25.6 Å². The summed E-state index contributed by atoms with van der Waals surface area (Å²) in [6.45, 7) is 1.51. The topological polar surface area (TPSA) is 127 Å². The maximum Gasteiger partial charge on any atom is 0.348 e. The van der Waals surface area contributed by atoms with Gasteiger partial charge in [0.15, 0.2) is 18.1 Å². The van der Waals surface area contributed by atoms with Crippen LogP contribution in [0.2, 0.25) is 0 Å². The van der Waals surface area contributed by atoms with Gasteiger partial charge in [0.25, 0.3) is 5.91 Å². The van der Waals surface area contributed by atoms with Gasteiger partial charge in [-0.2, -0.15) is 0 Å². The molecule has 9 nitrogen and oxygen atoms in total. The van der Waals surface area contributed by atoms with Gasteiger partial charge in [0, 0.05) is 0 Å². The summed E-state index contributed by atoms with van der Waals surface area (Å²) in [6.07, 6.45) is -1.10. The number of esters is 1. The van der Waals surface area contributed by atoms with Crippen molar-refractivity contribution in [3.8, 4) is 17.2 Å². The lowest BCUT2D eigenvalue weighted by atomic mass is 9.88. The summed E-state index contributed by atoms with van der Waals surface area (Å²) in [4.78, 5) is 36.7. The maximum atomic E-state index is 12.9. The summed E-state index contributed by atoms with van der Waals surface area (Å²) in [5.74, 6) is -1.18. The third-order valence-corrected chi connectivity index (χ3v) is 5.09. The maximum absolute atomic E-state index is 12.9. The number of rotatable bonds is 7. The molecule has 1 aliphatic heterocycles. The zero-order valence-corrected chi connectivity index (χ0v) is 17.5. The summed E-state index contributed by atoms with van der Waals surface area (Å²) in [5, 5.41) is 0.576. The number of carbonyl (C=O) groups is 2. The van der Waals surface area contributed by atoms with Crippen LogP contribution in [0.1, 0.15) is 24.0 Å². The van der Waals surface area contributed by atoms with E-state index in [1.54, 1.807) is 49.4 Å². The number of benzene rings is 2. The van der Waals surface area contributed by atoms with Crippen LogP contribution in [0.3, 0.4) is 0 Å². The summed E-state index contributed by atoms with van der Waals surface area (Å²) >= 11 is 0. The Labute approximate surface area is 182 Å². The predicted molar refractivity (Wildman–Crippen MR) is 113 cm³/mol. The van der Waals surface area contributed by atoms with Crippen molar-refractivity contribution in [2.75, 3.05) is 20.3 Å². The molecule has 1 aliphatic rings. The van der Waals surface area contributed by atoms with Crippen molar-refractivity contribution < 1.29 is 33.0 Å². The number of primary amides is 1. The Morgan fingerprint density at radius 2 is 1.91 bits per heavy atom. The second-order valence-corrected chi connectivity index (χ2v) is 7.06. The van der Waals surface area contributed by atoms with Crippen LogP contribution in [0.5, 0.6) is 17.2 Å². The highest BCUT2D eigenvalue weighted by molar-refractivity contribution is 5.88. The number of carbonyl (C=O) groups excluding carboxylic acids is 2. The Morgan fingerprint density at radius 1 is 1.12 bits per heavy atom. The SMILES string of the molecule is CCOC(=O)[C@@H]1Oc2c(c(=O)oc3ccccc23)[C@H]1c1ccc(OCC(N)=O)c(OC)c1. The Morgan fingerprint density at radius 3 is 2.62 bits per heavy atom. The number of fused-ring (bicyclic) bond motifs is 3. The molecule has 0 spiro atoms. The molecule has 2 atom stereocenters. The zero-order valence-electron chi connectivity index (χ0n) is 17.5. The highest BCUT2D eigenvalue weighted by Gasteiger charge is 2.45. The van der Waals surface area contributed by atoms with E-state index in [0.717, 1.165) is 0 Å². The molecule has 32 heavy (non-hydrogen) atoms.